The SMILES string of the molecule is CN=C(NCc1ccc(S(=O)(=O)N2CCCCC2)s1)NCc1ncnn1C.I. The molecule has 0 atom stereocenters. The van der Waals surface area contributed by atoms with Crippen LogP contribution in [0.5, 0.6) is 0 Å². The van der Waals surface area contributed by atoms with Crippen LogP contribution >= 0.6 is 35.3 Å². The second kappa shape index (κ2) is 10.5. The minimum Gasteiger partial charge on any atom is -0.352 e. The number of rotatable bonds is 6. The second-order valence-corrected chi connectivity index (χ2v) is 9.60. The van der Waals surface area contributed by atoms with E-state index >= 15 is 0 Å². The summed E-state index contributed by atoms with van der Waals surface area (Å²) in [4.78, 5) is 9.27. The first-order valence-electron chi connectivity index (χ1n) is 8.87. The van der Waals surface area contributed by atoms with Gasteiger partial charge in [-0.2, -0.15) is 9.40 Å². The lowest BCUT2D eigenvalue weighted by atomic mass is 10.2. The molecule has 156 valence electrons. The largest absolute Gasteiger partial charge is 0.352 e. The van der Waals surface area contributed by atoms with E-state index in [0.717, 1.165) is 30.0 Å². The van der Waals surface area contributed by atoms with Crippen molar-refractivity contribution in [2.75, 3.05) is 20.1 Å². The monoisotopic (exact) mass is 539 g/mol. The van der Waals surface area contributed by atoms with Gasteiger partial charge in [-0.25, -0.2) is 13.4 Å². The molecule has 0 saturated carbocycles. The average molecular weight is 539 g/mol. The van der Waals surface area contributed by atoms with Gasteiger partial charge in [0.2, 0.25) is 0 Å². The zero-order valence-electron chi connectivity index (χ0n) is 16.0. The van der Waals surface area contributed by atoms with Gasteiger partial charge in [-0.3, -0.25) is 9.67 Å². The van der Waals surface area contributed by atoms with Crippen molar-refractivity contribution in [3.05, 3.63) is 29.2 Å². The van der Waals surface area contributed by atoms with Gasteiger partial charge in [-0.05, 0) is 25.0 Å². The van der Waals surface area contributed by atoms with E-state index in [0.29, 0.717) is 36.3 Å². The molecule has 3 heterocycles. The summed E-state index contributed by atoms with van der Waals surface area (Å²) in [6.07, 6.45) is 4.48. The molecule has 12 heteroatoms. The molecule has 1 aliphatic rings. The van der Waals surface area contributed by atoms with Crippen molar-refractivity contribution in [1.29, 1.82) is 0 Å². The molecule has 0 aliphatic carbocycles. The molecule has 3 rings (SSSR count). The van der Waals surface area contributed by atoms with Crippen molar-refractivity contribution in [3.63, 3.8) is 0 Å². The minimum absolute atomic E-state index is 0. The van der Waals surface area contributed by atoms with Gasteiger partial charge in [0.1, 0.15) is 16.4 Å². The summed E-state index contributed by atoms with van der Waals surface area (Å²) in [7, 11) is 0.147. The lowest BCUT2D eigenvalue weighted by molar-refractivity contribution is 0.347. The number of aryl methyl sites for hydroxylation is 1. The summed E-state index contributed by atoms with van der Waals surface area (Å²) in [5.41, 5.74) is 0. The molecule has 2 aromatic heterocycles. The molecule has 0 aromatic carbocycles. The lowest BCUT2D eigenvalue weighted by Crippen LogP contribution is -2.36. The molecule has 2 N–H and O–H groups in total. The topological polar surface area (TPSA) is 105 Å². The first-order valence-corrected chi connectivity index (χ1v) is 11.1. The quantitative estimate of drug-likeness (QED) is 0.328. The number of guanidine groups is 1. The summed E-state index contributed by atoms with van der Waals surface area (Å²) in [6.45, 7) is 2.23. The third-order valence-electron chi connectivity index (χ3n) is 4.42. The third kappa shape index (κ3) is 5.64. The van der Waals surface area contributed by atoms with E-state index in [-0.39, 0.29) is 24.0 Å². The van der Waals surface area contributed by atoms with Crippen LogP contribution in [0.4, 0.5) is 0 Å². The number of nitrogens with zero attached hydrogens (tertiary/aromatic N) is 5. The van der Waals surface area contributed by atoms with E-state index in [1.165, 1.54) is 17.7 Å². The van der Waals surface area contributed by atoms with Crippen LogP contribution in [0.3, 0.4) is 0 Å². The maximum atomic E-state index is 12.7. The summed E-state index contributed by atoms with van der Waals surface area (Å²) in [5, 5.41) is 10.4. The number of hydrogen-bond acceptors (Lipinski definition) is 6. The van der Waals surface area contributed by atoms with E-state index in [2.05, 4.69) is 25.7 Å². The third-order valence-corrected chi connectivity index (χ3v) is 7.87. The standard InChI is InChI=1S/C16H25N7O2S2.HI/c1-17-16(19-11-14-20-12-21-22(14)2)18-10-13-6-7-15(26-13)27(24,25)23-8-4-3-5-9-23;/h6-7,12H,3-5,8-11H2,1-2H3,(H2,17,18,19);1H. The summed E-state index contributed by atoms with van der Waals surface area (Å²) < 4.78 is 29.1. The molecular formula is C16H26IN7O2S2. The molecule has 2 aromatic rings. The first kappa shape index (κ1) is 23.0. The van der Waals surface area contributed by atoms with Gasteiger partial charge >= 0.3 is 0 Å². The van der Waals surface area contributed by atoms with E-state index < -0.39 is 10.0 Å². The van der Waals surface area contributed by atoms with Crippen LogP contribution in [0.15, 0.2) is 27.7 Å². The number of sulfonamides is 1. The Morgan fingerprint density at radius 2 is 1.93 bits per heavy atom. The molecule has 1 aliphatic heterocycles. The van der Waals surface area contributed by atoms with Gasteiger partial charge in [-0.15, -0.1) is 35.3 Å². The number of piperidine rings is 1. The summed E-state index contributed by atoms with van der Waals surface area (Å²) in [5.74, 6) is 1.41. The van der Waals surface area contributed by atoms with Crippen molar-refractivity contribution >= 4 is 51.3 Å². The first-order chi connectivity index (χ1) is 13.0. The highest BCUT2D eigenvalue weighted by Gasteiger charge is 2.27. The molecule has 1 fully saturated rings. The Hall–Kier alpha value is -1.25. The number of hydrogen-bond donors (Lipinski definition) is 2. The van der Waals surface area contributed by atoms with E-state index in [1.54, 1.807) is 22.1 Å². The van der Waals surface area contributed by atoms with Crippen LogP contribution in [0.25, 0.3) is 0 Å². The number of halogens is 1. The van der Waals surface area contributed by atoms with Crippen molar-refractivity contribution in [2.45, 2.75) is 36.6 Å². The van der Waals surface area contributed by atoms with E-state index in [9.17, 15) is 8.42 Å². The van der Waals surface area contributed by atoms with Crippen molar-refractivity contribution in [3.8, 4) is 0 Å². The lowest BCUT2D eigenvalue weighted by Gasteiger charge is -2.25. The molecule has 28 heavy (non-hydrogen) atoms. The van der Waals surface area contributed by atoms with E-state index in [4.69, 9.17) is 0 Å². The van der Waals surface area contributed by atoms with Crippen LogP contribution in [0.2, 0.25) is 0 Å². The van der Waals surface area contributed by atoms with Crippen LogP contribution < -0.4 is 10.6 Å². The molecule has 0 bridgehead atoms. The molecular weight excluding hydrogens is 513 g/mol. The Kier molecular flexibility index (Phi) is 8.64. The summed E-state index contributed by atoms with van der Waals surface area (Å²) >= 11 is 1.30. The molecule has 0 spiro atoms. The Morgan fingerprint density at radius 3 is 2.57 bits per heavy atom. The predicted octanol–water partition coefficient (Wildman–Crippen LogP) is 1.53. The Balaban J connectivity index is 0.00000280. The second-order valence-electron chi connectivity index (χ2n) is 6.26. The van der Waals surface area contributed by atoms with Crippen LogP contribution in [-0.4, -0.2) is 53.6 Å². The smallest absolute Gasteiger partial charge is 0.252 e. The van der Waals surface area contributed by atoms with Gasteiger partial charge in [-0.1, -0.05) is 6.42 Å². The molecule has 0 radical (unpaired) electrons. The normalized spacial score (nSPS) is 15.9. The number of aromatic nitrogens is 3. The zero-order valence-corrected chi connectivity index (χ0v) is 19.9. The van der Waals surface area contributed by atoms with Gasteiger partial charge in [0, 0.05) is 32.1 Å². The molecule has 9 nitrogen and oxygen atoms in total. The van der Waals surface area contributed by atoms with Crippen molar-refractivity contribution < 1.29 is 8.42 Å². The molecule has 0 unspecified atom stereocenters. The number of nitrogens with one attached hydrogen (secondary N) is 2. The maximum Gasteiger partial charge on any atom is 0.252 e. The predicted molar refractivity (Wildman–Crippen MR) is 120 cm³/mol. The van der Waals surface area contributed by atoms with Crippen LogP contribution in [-0.2, 0) is 30.2 Å². The van der Waals surface area contributed by atoms with Gasteiger partial charge in [0.25, 0.3) is 10.0 Å². The average Bonchev–Trinajstić information content (AvgIpc) is 3.32. The number of thiophene rings is 1. The highest BCUT2D eigenvalue weighted by atomic mass is 127. The Bertz CT molecular complexity index is 888. The van der Waals surface area contributed by atoms with Crippen LogP contribution in [0.1, 0.15) is 30.0 Å². The fourth-order valence-corrected chi connectivity index (χ4v) is 5.83. The fraction of sp³-hybridized carbons (Fsp3) is 0.562. The van der Waals surface area contributed by atoms with Crippen LogP contribution in [0, 0.1) is 0 Å². The van der Waals surface area contributed by atoms with Gasteiger partial charge in [0.15, 0.2) is 5.96 Å². The van der Waals surface area contributed by atoms with E-state index in [1.807, 2.05) is 13.1 Å². The van der Waals surface area contributed by atoms with Crippen molar-refractivity contribution in [2.24, 2.45) is 12.0 Å². The van der Waals surface area contributed by atoms with Gasteiger partial charge < -0.3 is 10.6 Å². The zero-order chi connectivity index (χ0) is 19.3. The maximum absolute atomic E-state index is 12.7. The number of aliphatic imine (C=N–C) groups is 1. The highest BCUT2D eigenvalue weighted by Crippen LogP contribution is 2.26. The van der Waals surface area contributed by atoms with Crippen molar-refractivity contribution in [1.82, 2.24) is 29.7 Å². The molecule has 1 saturated heterocycles. The fourth-order valence-electron chi connectivity index (χ4n) is 2.86. The highest BCUT2D eigenvalue weighted by molar-refractivity contribution is 14.0. The Labute approximate surface area is 186 Å². The minimum atomic E-state index is -3.37. The van der Waals surface area contributed by atoms with Gasteiger partial charge in [0.05, 0.1) is 13.1 Å². The summed E-state index contributed by atoms with van der Waals surface area (Å²) in [6, 6.07) is 3.55. The Morgan fingerprint density at radius 1 is 1.21 bits per heavy atom. The molecule has 0 amide bonds.